The van der Waals surface area contributed by atoms with E-state index in [2.05, 4.69) is 50.3 Å². The molecule has 0 atom stereocenters. The van der Waals surface area contributed by atoms with Crippen molar-refractivity contribution in [2.75, 3.05) is 5.32 Å². The van der Waals surface area contributed by atoms with Gasteiger partial charge in [0.05, 0.1) is 0 Å². The van der Waals surface area contributed by atoms with Crippen LogP contribution in [0.1, 0.15) is 53.9 Å². The predicted molar refractivity (Wildman–Crippen MR) is 127 cm³/mol. The second-order valence-corrected chi connectivity index (χ2v) is 8.55. The summed E-state index contributed by atoms with van der Waals surface area (Å²) in [6, 6.07) is 6.42. The van der Waals surface area contributed by atoms with Crippen molar-refractivity contribution < 1.29 is 4.79 Å². The highest BCUT2D eigenvalue weighted by atomic mass is 16.3. The van der Waals surface area contributed by atoms with E-state index < -0.39 is 0 Å². The summed E-state index contributed by atoms with van der Waals surface area (Å²) in [6.07, 6.45) is 15.6. The van der Waals surface area contributed by atoms with Crippen molar-refractivity contribution in [1.82, 2.24) is 0 Å². The zero-order valence-electron chi connectivity index (χ0n) is 18.7. The Balaban J connectivity index is 1.95. The molecule has 0 heterocycles. The number of hydrogen-bond donors (Lipinski definition) is 1. The summed E-state index contributed by atoms with van der Waals surface area (Å²) in [4.78, 5) is 22.5. The average molecular weight is 405 g/mol. The minimum atomic E-state index is -0.216. The molecule has 4 nitrogen and oxygen atoms in total. The minimum absolute atomic E-state index is 0.216. The molecule has 0 fully saturated rings. The lowest BCUT2D eigenvalue weighted by Crippen LogP contribution is -2.19. The summed E-state index contributed by atoms with van der Waals surface area (Å²) < 4.78 is 0. The fraction of sp³-hybridized carbons (Fsp3) is 0.346. The molecule has 2 rings (SSSR count). The Labute approximate surface area is 180 Å². The number of nitrogens with zero attached hydrogens (tertiary/aromatic N) is 1. The van der Waals surface area contributed by atoms with Crippen LogP contribution in [-0.4, -0.2) is 5.91 Å². The normalized spacial score (nSPS) is 17.6. The van der Waals surface area contributed by atoms with Gasteiger partial charge in [-0.2, -0.15) is 0 Å². The predicted octanol–water partition coefficient (Wildman–Crippen LogP) is 7.55. The van der Waals surface area contributed by atoms with Gasteiger partial charge in [0.15, 0.2) is 0 Å². The van der Waals surface area contributed by atoms with Crippen molar-refractivity contribution in [1.29, 1.82) is 0 Å². The van der Waals surface area contributed by atoms with Gasteiger partial charge in [-0.25, -0.2) is 0 Å². The molecule has 0 aromatic heterocycles. The van der Waals surface area contributed by atoms with E-state index in [1.807, 2.05) is 25.2 Å². The lowest BCUT2D eigenvalue weighted by atomic mass is 9.72. The van der Waals surface area contributed by atoms with Gasteiger partial charge in [-0.15, -0.1) is 4.91 Å². The Bertz CT molecular complexity index is 926. The third-order valence-electron chi connectivity index (χ3n) is 5.37. The van der Waals surface area contributed by atoms with Crippen LogP contribution in [0.2, 0.25) is 0 Å². The molecular formula is C26H32N2O2. The monoisotopic (exact) mass is 404 g/mol. The number of anilines is 1. The van der Waals surface area contributed by atoms with Gasteiger partial charge >= 0.3 is 0 Å². The van der Waals surface area contributed by atoms with Gasteiger partial charge in [0.2, 0.25) is 5.91 Å². The zero-order valence-corrected chi connectivity index (χ0v) is 18.7. The molecule has 1 N–H and O–H groups in total. The molecule has 1 aliphatic rings. The van der Waals surface area contributed by atoms with Crippen LogP contribution >= 0.6 is 0 Å². The fourth-order valence-electron chi connectivity index (χ4n) is 3.67. The molecule has 158 valence electrons. The molecule has 0 radical (unpaired) electrons. The van der Waals surface area contributed by atoms with E-state index in [1.165, 1.54) is 30.4 Å². The van der Waals surface area contributed by atoms with Crippen molar-refractivity contribution in [2.24, 2.45) is 10.6 Å². The first-order valence-corrected chi connectivity index (χ1v) is 10.4. The molecule has 30 heavy (non-hydrogen) atoms. The second-order valence-electron chi connectivity index (χ2n) is 8.55. The molecule has 0 bridgehead atoms. The molecule has 0 spiro atoms. The van der Waals surface area contributed by atoms with Crippen molar-refractivity contribution in [3.05, 3.63) is 87.9 Å². The van der Waals surface area contributed by atoms with E-state index in [4.69, 9.17) is 0 Å². The third-order valence-corrected chi connectivity index (χ3v) is 5.37. The molecule has 0 saturated heterocycles. The topological polar surface area (TPSA) is 58.5 Å². The number of nitrogens with one attached hydrogen (secondary N) is 1. The van der Waals surface area contributed by atoms with Gasteiger partial charge in [-0.3, -0.25) is 4.79 Å². The molecule has 1 aromatic rings. The van der Waals surface area contributed by atoms with E-state index in [1.54, 1.807) is 30.3 Å². The molecule has 1 aromatic carbocycles. The maximum Gasteiger partial charge on any atom is 0.248 e. The van der Waals surface area contributed by atoms with Crippen molar-refractivity contribution >= 4 is 17.3 Å². The van der Waals surface area contributed by atoms with Crippen LogP contribution in [-0.2, 0) is 4.79 Å². The van der Waals surface area contributed by atoms with Crippen molar-refractivity contribution in [3.63, 3.8) is 0 Å². The minimum Gasteiger partial charge on any atom is -0.323 e. The van der Waals surface area contributed by atoms with Gasteiger partial charge in [-0.05, 0) is 86.0 Å². The lowest BCUT2D eigenvalue weighted by molar-refractivity contribution is -0.111. The standard InChI is InChI=1S/C26H32N2O2/c1-19(11-16-24-21(3)10-7-17-26(24,4)5)8-6-9-20(2)18-25(29)27-22-12-14-23(28-30)15-13-22/h6,8-9,11-16,18H,7,10,17H2,1-5H3,(H,27,29)/b9-6+,16-11+,19-8+,20-18+. The van der Waals surface area contributed by atoms with Crippen LogP contribution in [0, 0.1) is 10.3 Å². The third kappa shape index (κ3) is 7.11. The first-order valence-electron chi connectivity index (χ1n) is 10.4. The summed E-state index contributed by atoms with van der Waals surface area (Å²) in [5.41, 5.74) is 6.15. The van der Waals surface area contributed by atoms with Gasteiger partial charge in [-0.1, -0.05) is 55.4 Å². The van der Waals surface area contributed by atoms with Crippen LogP contribution < -0.4 is 5.32 Å². The molecular weight excluding hydrogens is 372 g/mol. The van der Waals surface area contributed by atoms with Gasteiger partial charge < -0.3 is 5.32 Å². The van der Waals surface area contributed by atoms with Crippen molar-refractivity contribution in [3.8, 4) is 0 Å². The SMILES string of the molecule is CC1=C(/C=C/C(C)=C/C=C/C(C)=C/C(=O)Nc2ccc(N=O)cc2)C(C)(C)CCC1. The Morgan fingerprint density at radius 2 is 1.80 bits per heavy atom. The number of carbonyl (C=O) groups excluding carboxylic acids is 1. The first-order chi connectivity index (χ1) is 14.2. The van der Waals surface area contributed by atoms with Crippen LogP contribution in [0.4, 0.5) is 11.4 Å². The van der Waals surface area contributed by atoms with Crippen LogP contribution in [0.5, 0.6) is 0 Å². The summed E-state index contributed by atoms with van der Waals surface area (Å²) in [5.74, 6) is -0.216. The average Bonchev–Trinajstić information content (AvgIpc) is 2.67. The highest BCUT2D eigenvalue weighted by molar-refractivity contribution is 6.00. The Morgan fingerprint density at radius 3 is 2.43 bits per heavy atom. The second kappa shape index (κ2) is 10.7. The summed E-state index contributed by atoms with van der Waals surface area (Å²) >= 11 is 0. The largest absolute Gasteiger partial charge is 0.323 e. The maximum absolute atomic E-state index is 12.1. The summed E-state index contributed by atoms with van der Waals surface area (Å²) in [5, 5.41) is 5.61. The van der Waals surface area contributed by atoms with E-state index in [-0.39, 0.29) is 11.3 Å². The molecule has 0 aliphatic heterocycles. The Kier molecular flexibility index (Phi) is 8.28. The van der Waals surface area contributed by atoms with Gasteiger partial charge in [0.25, 0.3) is 0 Å². The lowest BCUT2D eigenvalue weighted by Gasteiger charge is -2.32. The highest BCUT2D eigenvalue weighted by Crippen LogP contribution is 2.40. The number of amides is 1. The zero-order chi connectivity index (χ0) is 22.1. The Hall–Kier alpha value is -3.01. The van der Waals surface area contributed by atoms with Crippen LogP contribution in [0.15, 0.2) is 88.2 Å². The number of hydrogen-bond acceptors (Lipinski definition) is 3. The Morgan fingerprint density at radius 1 is 1.10 bits per heavy atom. The van der Waals surface area contributed by atoms with E-state index in [0.717, 1.165) is 11.1 Å². The molecule has 1 aliphatic carbocycles. The van der Waals surface area contributed by atoms with Crippen LogP contribution in [0.25, 0.3) is 0 Å². The number of rotatable bonds is 7. The number of nitroso groups, excluding NO2 is 1. The fourth-order valence-corrected chi connectivity index (χ4v) is 3.67. The maximum atomic E-state index is 12.1. The molecule has 4 heteroatoms. The molecule has 0 unspecified atom stereocenters. The van der Waals surface area contributed by atoms with Gasteiger partial charge in [0.1, 0.15) is 5.69 Å². The summed E-state index contributed by atoms with van der Waals surface area (Å²) in [6.45, 7) is 10.8. The highest BCUT2D eigenvalue weighted by Gasteiger charge is 2.26. The van der Waals surface area contributed by atoms with Crippen molar-refractivity contribution in [2.45, 2.75) is 53.9 Å². The van der Waals surface area contributed by atoms with E-state index in [9.17, 15) is 9.70 Å². The number of benzene rings is 1. The van der Waals surface area contributed by atoms with E-state index >= 15 is 0 Å². The quantitative estimate of drug-likeness (QED) is 0.290. The van der Waals surface area contributed by atoms with E-state index in [0.29, 0.717) is 11.4 Å². The number of carbonyl (C=O) groups is 1. The smallest absolute Gasteiger partial charge is 0.248 e. The molecule has 0 saturated carbocycles. The first kappa shape index (κ1) is 23.3. The number of allylic oxidation sites excluding steroid dienone is 9. The molecule has 1 amide bonds. The van der Waals surface area contributed by atoms with Crippen LogP contribution in [0.3, 0.4) is 0 Å². The summed E-state index contributed by atoms with van der Waals surface area (Å²) in [7, 11) is 0. The van der Waals surface area contributed by atoms with Gasteiger partial charge in [0, 0.05) is 11.8 Å².